The highest BCUT2D eigenvalue weighted by Crippen LogP contribution is 2.35. The van der Waals surface area contributed by atoms with E-state index < -0.39 is 54.4 Å². The number of carbonyl (C=O) groups is 2. The van der Waals surface area contributed by atoms with Gasteiger partial charge in [-0.25, -0.2) is 26.8 Å². The van der Waals surface area contributed by atoms with Gasteiger partial charge in [0.2, 0.25) is 31.0 Å². The maximum Gasteiger partial charge on any atom is 0.416 e. The first kappa shape index (κ1) is 58.4. The lowest BCUT2D eigenvalue weighted by molar-refractivity contribution is -0.138. The number of carbonyl (C=O) groups excluding carboxylic acids is 2. The predicted octanol–water partition coefficient (Wildman–Crippen LogP) is 11.5. The second-order valence-corrected chi connectivity index (χ2v) is 22.2. The summed E-state index contributed by atoms with van der Waals surface area (Å²) in [6.07, 6.45) is -3.98. The molecule has 4 aromatic carbocycles. The van der Waals surface area contributed by atoms with Crippen molar-refractivity contribution in [2.45, 2.75) is 84.2 Å². The summed E-state index contributed by atoms with van der Waals surface area (Å²) in [7, 11) is -2.27. The Morgan fingerprint density at radius 3 is 1.66 bits per heavy atom. The third kappa shape index (κ3) is 15.1. The fourth-order valence-corrected chi connectivity index (χ4v) is 10.7. The van der Waals surface area contributed by atoms with Gasteiger partial charge in [-0.15, -0.1) is 11.6 Å². The summed E-state index contributed by atoms with van der Waals surface area (Å²) >= 11 is 5.02. The smallest absolute Gasteiger partial charge is 0.315 e. The quantitative estimate of drug-likeness (QED) is 0.0684. The van der Waals surface area contributed by atoms with E-state index in [1.165, 1.54) is 28.6 Å². The van der Waals surface area contributed by atoms with Crippen molar-refractivity contribution in [2.24, 2.45) is 0 Å². The normalized spacial score (nSPS) is 16.9. The number of benzene rings is 4. The maximum atomic E-state index is 13.1. The van der Waals surface area contributed by atoms with Crippen LogP contribution in [0.2, 0.25) is 0 Å². The number of nitrogens with zero attached hydrogens (tertiary/aromatic N) is 5. The Hall–Kier alpha value is -5.52. The predicted molar refractivity (Wildman–Crippen MR) is 274 cm³/mol. The molecule has 2 aliphatic rings. The second kappa shape index (κ2) is 24.7. The van der Waals surface area contributed by atoms with Crippen LogP contribution in [0.15, 0.2) is 96.9 Å². The monoisotopic (exact) mass is 1100 g/mol. The largest absolute Gasteiger partial charge is 0.416 e. The van der Waals surface area contributed by atoms with Gasteiger partial charge in [-0.1, -0.05) is 63.2 Å². The number of imidazole rings is 2. The zero-order valence-corrected chi connectivity index (χ0v) is 42.2. The number of fused-ring (bicyclic) bond motifs is 2. The lowest BCUT2D eigenvalue weighted by Crippen LogP contribution is -2.34. The third-order valence-electron chi connectivity index (χ3n) is 11.9. The van der Waals surface area contributed by atoms with Gasteiger partial charge in [-0.3, -0.25) is 20.2 Å². The van der Waals surface area contributed by atoms with Gasteiger partial charge in [0, 0.05) is 58.8 Å². The zero-order valence-electron chi connectivity index (χ0n) is 39.0. The van der Waals surface area contributed by atoms with Crippen molar-refractivity contribution in [2.75, 3.05) is 48.4 Å². The number of anilines is 2. The number of hydrogen-bond acceptors (Lipinski definition) is 9. The molecule has 2 unspecified atom stereocenters. The first-order chi connectivity index (χ1) is 33.9. The van der Waals surface area contributed by atoms with E-state index in [4.69, 9.17) is 22.3 Å². The highest BCUT2D eigenvalue weighted by Gasteiger charge is 2.34. The number of halogens is 8. The van der Waals surface area contributed by atoms with Crippen LogP contribution in [0.3, 0.4) is 0 Å². The molecular formula is C49H56Cl2F6N8O6S2. The molecule has 2 amide bonds. The van der Waals surface area contributed by atoms with E-state index in [1.54, 1.807) is 10.6 Å². The Morgan fingerprint density at radius 1 is 0.740 bits per heavy atom. The molecule has 8 rings (SSSR count). The van der Waals surface area contributed by atoms with Crippen molar-refractivity contribution >= 4 is 87.1 Å². The summed E-state index contributed by atoms with van der Waals surface area (Å²) in [4.78, 5) is 34.9. The molecule has 2 saturated heterocycles. The molecule has 2 atom stereocenters. The Balaban J connectivity index is 0.000000238. The molecule has 4 heterocycles. The standard InChI is InChI=1S/C24H25F3N4O3S.C22H23F3N4O.C2H4Cl2O2S.CH4/c1-3-35(33,34)30-13-5-4-11-19(15-30)31-21-16(2)8-6-12-20(21)28-23(31)29-22(32)17-9-7-10-18(14-17)24(25,26)27;1-14-6-4-10-18-19(14)29(17-9-2-3-11-26-13-17)21(27-18)28-20(30)15-7-5-8-16(12-15)22(23,24)25;3-1-2-7(4,5)6;/h3,6-10,12,14,19H,1,4-5,11,13,15H2,2H3,(H,28,29,32);4-8,10,12,17,26H,2-3,9,11,13H2,1H3,(H,27,28,30);1-2H2;1H4. The van der Waals surface area contributed by atoms with Gasteiger partial charge >= 0.3 is 12.4 Å². The molecule has 0 bridgehead atoms. The minimum absolute atomic E-state index is 0. The molecule has 6 aromatic rings. The van der Waals surface area contributed by atoms with Crippen molar-refractivity contribution in [3.05, 3.63) is 130 Å². The van der Waals surface area contributed by atoms with Crippen LogP contribution >= 0.6 is 22.3 Å². The SMILES string of the molecule is C.C=CS(=O)(=O)N1CCCCC(n2c(NC(=O)c3cccc(C(F)(F)F)c3)nc3cccc(C)c32)C1.Cc1cccc2nc(NC(=O)c3cccc(C(F)(F)F)c3)n(C3CCCCNC3)c12.O=S(=O)(Cl)CCCl. The van der Waals surface area contributed by atoms with Gasteiger partial charge in [0.15, 0.2) is 0 Å². The van der Waals surface area contributed by atoms with E-state index in [0.717, 1.165) is 96.1 Å². The van der Waals surface area contributed by atoms with E-state index in [-0.39, 0.29) is 54.8 Å². The molecule has 3 N–H and O–H groups in total. The van der Waals surface area contributed by atoms with Gasteiger partial charge in [-0.2, -0.15) is 30.6 Å². The number of rotatable bonds is 10. The summed E-state index contributed by atoms with van der Waals surface area (Å²) in [6.45, 7) is 9.47. The number of para-hydroxylation sites is 2. The number of sulfonamides is 1. The minimum atomic E-state index is -4.58. The molecule has 0 radical (unpaired) electrons. The van der Waals surface area contributed by atoms with Crippen LogP contribution in [0.5, 0.6) is 0 Å². The molecule has 2 fully saturated rings. The van der Waals surface area contributed by atoms with Crippen LogP contribution in [0, 0.1) is 13.8 Å². The fourth-order valence-electron chi connectivity index (χ4n) is 8.50. The van der Waals surface area contributed by atoms with E-state index in [1.807, 2.05) is 48.7 Å². The molecule has 24 heteroatoms. The van der Waals surface area contributed by atoms with E-state index in [2.05, 4.69) is 32.5 Å². The van der Waals surface area contributed by atoms with Gasteiger partial charge < -0.3 is 14.5 Å². The highest BCUT2D eigenvalue weighted by molar-refractivity contribution is 8.13. The second-order valence-electron chi connectivity index (χ2n) is 17.1. The van der Waals surface area contributed by atoms with E-state index >= 15 is 0 Å². The molecule has 0 saturated carbocycles. The van der Waals surface area contributed by atoms with Crippen LogP contribution in [-0.4, -0.2) is 89.9 Å². The molecule has 0 aliphatic carbocycles. The highest BCUT2D eigenvalue weighted by atomic mass is 35.7. The molecule has 0 spiro atoms. The van der Waals surface area contributed by atoms with Crippen molar-refractivity contribution in [3.63, 3.8) is 0 Å². The lowest BCUT2D eigenvalue weighted by atomic mass is 10.1. The van der Waals surface area contributed by atoms with Crippen molar-refractivity contribution in [3.8, 4) is 0 Å². The summed E-state index contributed by atoms with van der Waals surface area (Å²) in [6, 6.07) is 19.6. The van der Waals surface area contributed by atoms with E-state index in [9.17, 15) is 52.8 Å². The first-order valence-electron chi connectivity index (χ1n) is 22.7. The Bertz CT molecular complexity index is 3140. The maximum absolute atomic E-state index is 13.1. The molecule has 73 heavy (non-hydrogen) atoms. The zero-order chi connectivity index (χ0) is 52.6. The number of aromatic nitrogens is 4. The minimum Gasteiger partial charge on any atom is -0.315 e. The molecule has 2 aliphatic heterocycles. The van der Waals surface area contributed by atoms with Crippen LogP contribution in [0.25, 0.3) is 22.1 Å². The molecule has 2 aromatic heterocycles. The molecule has 14 nitrogen and oxygen atoms in total. The molecular weight excluding hydrogens is 1050 g/mol. The van der Waals surface area contributed by atoms with Crippen LogP contribution in [0.1, 0.15) is 101 Å². The summed E-state index contributed by atoms with van der Waals surface area (Å²) in [5.74, 6) is -0.941. The van der Waals surface area contributed by atoms with Crippen molar-refractivity contribution in [1.82, 2.24) is 28.7 Å². The third-order valence-corrected chi connectivity index (χ3v) is 15.0. The van der Waals surface area contributed by atoms with Crippen LogP contribution in [0.4, 0.5) is 38.2 Å². The fraction of sp³-hybridized carbons (Fsp3) is 0.388. The number of nitrogens with one attached hydrogen (secondary N) is 3. The van der Waals surface area contributed by atoms with Crippen LogP contribution in [-0.2, 0) is 31.4 Å². The van der Waals surface area contributed by atoms with E-state index in [0.29, 0.717) is 30.9 Å². The van der Waals surface area contributed by atoms with Gasteiger partial charge in [-0.05, 0) is 106 Å². The average molecular weight is 1100 g/mol. The lowest BCUT2D eigenvalue weighted by Gasteiger charge is -2.25. The first-order valence-corrected chi connectivity index (χ1v) is 27.2. The Morgan fingerprint density at radius 2 is 1.21 bits per heavy atom. The Labute approximate surface area is 429 Å². The number of aryl methyl sites for hydroxylation is 2. The molecule has 396 valence electrons. The van der Waals surface area contributed by atoms with Gasteiger partial charge in [0.25, 0.3) is 11.8 Å². The summed E-state index contributed by atoms with van der Waals surface area (Å²) in [5.41, 5.74) is 2.91. The number of hydrogen-bond donors (Lipinski definition) is 3. The summed E-state index contributed by atoms with van der Waals surface area (Å²) in [5, 5.41) is 9.76. The summed E-state index contributed by atoms with van der Waals surface area (Å²) < 4.78 is 129. The number of amides is 2. The van der Waals surface area contributed by atoms with Gasteiger partial charge in [0.1, 0.15) is 0 Å². The van der Waals surface area contributed by atoms with Gasteiger partial charge in [0.05, 0.1) is 45.0 Å². The van der Waals surface area contributed by atoms with Crippen LogP contribution < -0.4 is 16.0 Å². The Kier molecular flexibility index (Phi) is 19.7. The number of alkyl halides is 7. The topological polar surface area (TPSA) is 177 Å². The average Bonchev–Trinajstić information content (AvgIpc) is 3.59. The van der Waals surface area contributed by atoms with Crippen molar-refractivity contribution < 1.29 is 52.8 Å². The van der Waals surface area contributed by atoms with Crippen molar-refractivity contribution in [1.29, 1.82) is 0 Å².